The lowest BCUT2D eigenvalue weighted by Crippen LogP contribution is -2.24. The standard InChI is InChI=1S/C10H14N2O3S2/c1-15-7-3-2-6-12-17(13,14)10-5-4-9(8-11)16-10/h4-5,12H,2-3,6-7H2,1H3. The Balaban J connectivity index is 2.49. The van der Waals surface area contributed by atoms with Crippen LogP contribution in [0.2, 0.25) is 0 Å². The first kappa shape index (κ1) is 14.1. The van der Waals surface area contributed by atoms with Gasteiger partial charge in [0.25, 0.3) is 0 Å². The van der Waals surface area contributed by atoms with Crippen molar-refractivity contribution < 1.29 is 13.2 Å². The number of thiophene rings is 1. The van der Waals surface area contributed by atoms with Gasteiger partial charge in [-0.15, -0.1) is 11.3 Å². The molecule has 1 aromatic heterocycles. The third-order valence-electron chi connectivity index (χ3n) is 2.02. The minimum absolute atomic E-state index is 0.181. The number of nitriles is 1. The molecule has 1 heterocycles. The number of nitrogens with zero attached hydrogens (tertiary/aromatic N) is 1. The summed E-state index contributed by atoms with van der Waals surface area (Å²) in [6.07, 6.45) is 1.54. The molecule has 7 heteroatoms. The summed E-state index contributed by atoms with van der Waals surface area (Å²) >= 11 is 0.972. The molecule has 1 N–H and O–H groups in total. The SMILES string of the molecule is COCCCCNS(=O)(=O)c1ccc(C#N)s1. The Morgan fingerprint density at radius 3 is 2.82 bits per heavy atom. The number of hydrogen-bond acceptors (Lipinski definition) is 5. The lowest BCUT2D eigenvalue weighted by atomic mass is 10.3. The molecule has 0 unspecified atom stereocenters. The molecule has 1 rings (SSSR count). The molecule has 94 valence electrons. The van der Waals surface area contributed by atoms with Crippen LogP contribution < -0.4 is 4.72 Å². The van der Waals surface area contributed by atoms with Crippen molar-refractivity contribution in [3.63, 3.8) is 0 Å². The maximum Gasteiger partial charge on any atom is 0.250 e. The van der Waals surface area contributed by atoms with Gasteiger partial charge in [0.2, 0.25) is 10.0 Å². The molecule has 0 bridgehead atoms. The Hall–Kier alpha value is -0.940. The molecule has 0 aromatic carbocycles. The van der Waals surface area contributed by atoms with Gasteiger partial charge in [-0.25, -0.2) is 13.1 Å². The van der Waals surface area contributed by atoms with Crippen molar-refractivity contribution in [2.75, 3.05) is 20.3 Å². The summed E-state index contributed by atoms with van der Waals surface area (Å²) in [6.45, 7) is 1.00. The van der Waals surface area contributed by atoms with Crippen LogP contribution in [0.4, 0.5) is 0 Å². The predicted octanol–water partition coefficient (Wildman–Crippen LogP) is 1.32. The number of hydrogen-bond donors (Lipinski definition) is 1. The van der Waals surface area contributed by atoms with Crippen LogP contribution in [0, 0.1) is 11.3 Å². The van der Waals surface area contributed by atoms with Gasteiger partial charge >= 0.3 is 0 Å². The molecule has 0 aliphatic rings. The fourth-order valence-corrected chi connectivity index (χ4v) is 3.40. The van der Waals surface area contributed by atoms with Crippen molar-refractivity contribution >= 4 is 21.4 Å². The van der Waals surface area contributed by atoms with E-state index in [1.54, 1.807) is 7.11 Å². The van der Waals surface area contributed by atoms with Crippen LogP contribution in [0.5, 0.6) is 0 Å². The average Bonchev–Trinajstić information content (AvgIpc) is 2.78. The minimum Gasteiger partial charge on any atom is -0.385 e. The van der Waals surface area contributed by atoms with E-state index in [1.165, 1.54) is 12.1 Å². The summed E-state index contributed by atoms with van der Waals surface area (Å²) in [4.78, 5) is 0.393. The van der Waals surface area contributed by atoms with E-state index >= 15 is 0 Å². The molecular formula is C10H14N2O3S2. The summed E-state index contributed by atoms with van der Waals surface area (Å²) in [5.41, 5.74) is 0. The lowest BCUT2D eigenvalue weighted by Gasteiger charge is -2.03. The van der Waals surface area contributed by atoms with E-state index in [9.17, 15) is 8.42 Å². The first-order chi connectivity index (χ1) is 8.10. The zero-order chi connectivity index (χ0) is 12.7. The highest BCUT2D eigenvalue weighted by molar-refractivity contribution is 7.91. The van der Waals surface area contributed by atoms with Crippen LogP contribution in [0.25, 0.3) is 0 Å². The van der Waals surface area contributed by atoms with Gasteiger partial charge in [-0.05, 0) is 25.0 Å². The van der Waals surface area contributed by atoms with Crippen LogP contribution in [-0.2, 0) is 14.8 Å². The zero-order valence-electron chi connectivity index (χ0n) is 9.47. The van der Waals surface area contributed by atoms with Gasteiger partial charge < -0.3 is 4.74 Å². The molecule has 5 nitrogen and oxygen atoms in total. The first-order valence-electron chi connectivity index (χ1n) is 5.08. The Bertz CT molecular complexity index is 488. The second-order valence-corrected chi connectivity index (χ2v) is 6.41. The number of unbranched alkanes of at least 4 members (excludes halogenated alkanes) is 1. The van der Waals surface area contributed by atoms with E-state index in [0.717, 1.165) is 24.2 Å². The van der Waals surface area contributed by atoms with Gasteiger partial charge in [0, 0.05) is 20.3 Å². The minimum atomic E-state index is -3.46. The normalized spacial score (nSPS) is 11.3. The third-order valence-corrected chi connectivity index (χ3v) is 4.97. The van der Waals surface area contributed by atoms with Gasteiger partial charge in [-0.2, -0.15) is 5.26 Å². The number of methoxy groups -OCH3 is 1. The Kier molecular flexibility index (Phi) is 5.58. The van der Waals surface area contributed by atoms with Crippen LogP contribution in [0.1, 0.15) is 17.7 Å². The number of nitrogens with one attached hydrogen (secondary N) is 1. The highest BCUT2D eigenvalue weighted by Crippen LogP contribution is 2.20. The quantitative estimate of drug-likeness (QED) is 0.761. The predicted molar refractivity (Wildman–Crippen MR) is 65.3 cm³/mol. The number of rotatable bonds is 7. The molecular weight excluding hydrogens is 260 g/mol. The molecule has 1 aromatic rings. The Labute approximate surface area is 105 Å². The summed E-state index contributed by atoms with van der Waals surface area (Å²) in [7, 11) is -1.85. The maximum absolute atomic E-state index is 11.8. The molecule has 0 saturated carbocycles. The molecule has 0 radical (unpaired) electrons. The fraction of sp³-hybridized carbons (Fsp3) is 0.500. The molecule has 0 saturated heterocycles. The molecule has 0 aliphatic carbocycles. The van der Waals surface area contributed by atoms with Gasteiger partial charge in [0.1, 0.15) is 15.2 Å². The topological polar surface area (TPSA) is 79.2 Å². The largest absolute Gasteiger partial charge is 0.385 e. The fourth-order valence-electron chi connectivity index (χ4n) is 1.17. The van der Waals surface area contributed by atoms with E-state index in [-0.39, 0.29) is 4.21 Å². The number of sulfonamides is 1. The third kappa shape index (κ3) is 4.44. The first-order valence-corrected chi connectivity index (χ1v) is 7.38. The van der Waals surface area contributed by atoms with Crippen LogP contribution in [0.3, 0.4) is 0 Å². The summed E-state index contributed by atoms with van der Waals surface area (Å²) < 4.78 is 31.0. The molecule has 0 amide bonds. The van der Waals surface area contributed by atoms with Gasteiger partial charge in [0.15, 0.2) is 0 Å². The van der Waals surface area contributed by atoms with E-state index in [0.29, 0.717) is 18.0 Å². The van der Waals surface area contributed by atoms with Crippen molar-refractivity contribution in [2.24, 2.45) is 0 Å². The van der Waals surface area contributed by atoms with E-state index < -0.39 is 10.0 Å². The van der Waals surface area contributed by atoms with E-state index in [1.807, 2.05) is 6.07 Å². The van der Waals surface area contributed by atoms with Crippen LogP contribution in [-0.4, -0.2) is 28.7 Å². The molecule has 0 spiro atoms. The average molecular weight is 274 g/mol. The summed E-state index contributed by atoms with van der Waals surface area (Å²) in [5, 5.41) is 8.62. The van der Waals surface area contributed by atoms with Crippen LogP contribution in [0.15, 0.2) is 16.3 Å². The molecule has 0 fully saturated rings. The van der Waals surface area contributed by atoms with E-state index in [2.05, 4.69) is 4.72 Å². The molecule has 17 heavy (non-hydrogen) atoms. The Morgan fingerprint density at radius 1 is 1.47 bits per heavy atom. The van der Waals surface area contributed by atoms with Crippen LogP contribution >= 0.6 is 11.3 Å². The summed E-state index contributed by atoms with van der Waals surface area (Å²) in [5.74, 6) is 0. The van der Waals surface area contributed by atoms with Gasteiger partial charge in [-0.3, -0.25) is 0 Å². The lowest BCUT2D eigenvalue weighted by molar-refractivity contribution is 0.193. The maximum atomic E-state index is 11.8. The van der Waals surface area contributed by atoms with Crippen molar-refractivity contribution in [1.29, 1.82) is 5.26 Å². The second kappa shape index (κ2) is 6.71. The zero-order valence-corrected chi connectivity index (χ0v) is 11.1. The van der Waals surface area contributed by atoms with Crippen molar-refractivity contribution in [2.45, 2.75) is 17.1 Å². The highest BCUT2D eigenvalue weighted by atomic mass is 32.2. The Morgan fingerprint density at radius 2 is 2.24 bits per heavy atom. The molecule has 0 aliphatic heterocycles. The number of ether oxygens (including phenoxy) is 1. The molecule has 0 atom stereocenters. The smallest absolute Gasteiger partial charge is 0.250 e. The highest BCUT2D eigenvalue weighted by Gasteiger charge is 2.15. The van der Waals surface area contributed by atoms with Crippen molar-refractivity contribution in [3.05, 3.63) is 17.0 Å². The van der Waals surface area contributed by atoms with Crippen molar-refractivity contribution in [3.8, 4) is 6.07 Å². The van der Waals surface area contributed by atoms with Gasteiger partial charge in [-0.1, -0.05) is 0 Å². The monoisotopic (exact) mass is 274 g/mol. The summed E-state index contributed by atoms with van der Waals surface area (Å²) in [6, 6.07) is 4.86. The second-order valence-electron chi connectivity index (χ2n) is 3.33. The van der Waals surface area contributed by atoms with E-state index in [4.69, 9.17) is 10.00 Å². The van der Waals surface area contributed by atoms with Crippen molar-refractivity contribution in [1.82, 2.24) is 4.72 Å². The van der Waals surface area contributed by atoms with Gasteiger partial charge in [0.05, 0.1) is 0 Å².